The van der Waals surface area contributed by atoms with Gasteiger partial charge in [-0.1, -0.05) is 54.9 Å². The molecule has 1 atom stereocenters. The lowest BCUT2D eigenvalue weighted by Crippen LogP contribution is -2.25. The summed E-state index contributed by atoms with van der Waals surface area (Å²) in [6.07, 6.45) is 2.13. The van der Waals surface area contributed by atoms with Crippen molar-refractivity contribution in [2.75, 3.05) is 10.6 Å². The van der Waals surface area contributed by atoms with Gasteiger partial charge in [-0.3, -0.25) is 9.59 Å². The van der Waals surface area contributed by atoms with Crippen molar-refractivity contribution in [1.29, 1.82) is 0 Å². The fraction of sp³-hybridized carbons (Fsp3) is 0.115. The molecule has 7 heteroatoms. The van der Waals surface area contributed by atoms with Crippen LogP contribution in [-0.2, 0) is 4.79 Å². The van der Waals surface area contributed by atoms with Crippen LogP contribution in [0.25, 0.3) is 10.8 Å². The number of carbonyl (C=O) groups is 2. The maximum Gasteiger partial charge on any atom is 0.255 e. The largest absolute Gasteiger partial charge is 0.322 e. The van der Waals surface area contributed by atoms with Crippen LogP contribution in [0.15, 0.2) is 90.0 Å². The number of pyridine rings is 1. The Morgan fingerprint density at radius 1 is 0.939 bits per heavy atom. The Labute approximate surface area is 201 Å². The number of hydrogen-bond donors (Lipinski definition) is 2. The quantitative estimate of drug-likeness (QED) is 0.293. The monoisotopic (exact) mass is 475 g/mol. The highest BCUT2D eigenvalue weighted by molar-refractivity contribution is 8.00. The molecule has 0 radical (unpaired) electrons. The van der Waals surface area contributed by atoms with Crippen molar-refractivity contribution in [1.82, 2.24) is 4.98 Å². The molecule has 3 aromatic carbocycles. The number of nitrogens with zero attached hydrogens (tertiary/aromatic N) is 1. The molecule has 0 bridgehead atoms. The molecule has 33 heavy (non-hydrogen) atoms. The molecule has 2 amide bonds. The Morgan fingerprint density at radius 3 is 2.52 bits per heavy atom. The Bertz CT molecular complexity index is 1290. The summed E-state index contributed by atoms with van der Waals surface area (Å²) in [7, 11) is 0. The number of aromatic nitrogens is 1. The minimum absolute atomic E-state index is 0.136. The summed E-state index contributed by atoms with van der Waals surface area (Å²) in [5, 5.41) is 8.08. The van der Waals surface area contributed by atoms with Gasteiger partial charge in [0.2, 0.25) is 5.91 Å². The number of fused-ring (bicyclic) bond motifs is 1. The van der Waals surface area contributed by atoms with Crippen LogP contribution >= 0.6 is 23.4 Å². The number of carbonyl (C=O) groups excluding carboxylic acids is 2. The summed E-state index contributed by atoms with van der Waals surface area (Å²) >= 11 is 7.29. The number of rotatable bonds is 7. The summed E-state index contributed by atoms with van der Waals surface area (Å²) in [5.41, 5.74) is 1.26. The first-order chi connectivity index (χ1) is 16.0. The third-order valence-electron chi connectivity index (χ3n) is 5.02. The zero-order valence-corrected chi connectivity index (χ0v) is 19.5. The van der Waals surface area contributed by atoms with Crippen LogP contribution in [0.3, 0.4) is 0 Å². The van der Waals surface area contributed by atoms with E-state index in [0.717, 1.165) is 15.7 Å². The number of benzene rings is 3. The maximum atomic E-state index is 12.8. The maximum absolute atomic E-state index is 12.8. The Hall–Kier alpha value is -3.35. The van der Waals surface area contributed by atoms with Crippen LogP contribution in [0.1, 0.15) is 23.7 Å². The SMILES string of the molecule is CCC(Sc1cccc(NC(=O)c2ccc3ccccc3c2)c1)C(=O)Nc1ccc(Cl)cn1. The van der Waals surface area contributed by atoms with Crippen molar-refractivity contribution in [2.24, 2.45) is 0 Å². The molecule has 0 fully saturated rings. The highest BCUT2D eigenvalue weighted by atomic mass is 35.5. The van der Waals surface area contributed by atoms with Crippen LogP contribution in [0, 0.1) is 0 Å². The van der Waals surface area contributed by atoms with Crippen molar-refractivity contribution >= 4 is 57.5 Å². The van der Waals surface area contributed by atoms with Gasteiger partial charge < -0.3 is 10.6 Å². The van der Waals surface area contributed by atoms with Crippen LogP contribution < -0.4 is 10.6 Å². The van der Waals surface area contributed by atoms with Gasteiger partial charge in [0, 0.05) is 22.3 Å². The second-order valence-electron chi connectivity index (χ2n) is 7.41. The molecule has 0 saturated carbocycles. The molecule has 1 heterocycles. The van der Waals surface area contributed by atoms with Gasteiger partial charge in [0.05, 0.1) is 10.3 Å². The molecule has 5 nitrogen and oxygen atoms in total. The van der Waals surface area contributed by atoms with Crippen LogP contribution in [-0.4, -0.2) is 22.0 Å². The zero-order valence-electron chi connectivity index (χ0n) is 17.9. The standard InChI is InChI=1S/C26H22ClN3O2S/c1-2-23(26(32)30-24-13-12-20(27)16-28-24)33-22-9-5-8-21(15-22)29-25(31)19-11-10-17-6-3-4-7-18(17)14-19/h3-16,23H,2H2,1H3,(H,29,31)(H,28,30,32). The molecule has 0 aliphatic heterocycles. The fourth-order valence-corrected chi connectivity index (χ4v) is 4.45. The van der Waals surface area contributed by atoms with Gasteiger partial charge >= 0.3 is 0 Å². The van der Waals surface area contributed by atoms with Gasteiger partial charge in [0.25, 0.3) is 5.91 Å². The molecular weight excluding hydrogens is 454 g/mol. The second-order valence-corrected chi connectivity index (χ2v) is 9.12. The summed E-state index contributed by atoms with van der Waals surface area (Å²) < 4.78 is 0. The molecular formula is C26H22ClN3O2S. The highest BCUT2D eigenvalue weighted by Crippen LogP contribution is 2.29. The Balaban J connectivity index is 1.43. The van der Waals surface area contributed by atoms with Gasteiger partial charge in [-0.25, -0.2) is 4.98 Å². The highest BCUT2D eigenvalue weighted by Gasteiger charge is 2.19. The molecule has 4 aromatic rings. The van der Waals surface area contributed by atoms with Crippen molar-refractivity contribution in [3.63, 3.8) is 0 Å². The third-order valence-corrected chi connectivity index (χ3v) is 6.61. The molecule has 2 N–H and O–H groups in total. The molecule has 1 aromatic heterocycles. The summed E-state index contributed by atoms with van der Waals surface area (Å²) in [4.78, 5) is 30.5. The van der Waals surface area contributed by atoms with E-state index in [0.29, 0.717) is 28.5 Å². The van der Waals surface area contributed by atoms with Gasteiger partial charge in [-0.2, -0.15) is 0 Å². The first-order valence-electron chi connectivity index (χ1n) is 10.5. The minimum atomic E-state index is -0.311. The van der Waals surface area contributed by atoms with E-state index in [9.17, 15) is 9.59 Å². The average Bonchev–Trinajstić information content (AvgIpc) is 2.83. The van der Waals surface area contributed by atoms with Gasteiger partial charge in [0.1, 0.15) is 5.82 Å². The van der Waals surface area contributed by atoms with E-state index in [1.54, 1.807) is 12.1 Å². The van der Waals surface area contributed by atoms with E-state index >= 15 is 0 Å². The van der Waals surface area contributed by atoms with E-state index in [1.165, 1.54) is 18.0 Å². The number of thioether (sulfide) groups is 1. The lowest BCUT2D eigenvalue weighted by molar-refractivity contribution is -0.115. The molecule has 0 aliphatic rings. The lowest BCUT2D eigenvalue weighted by Gasteiger charge is -2.15. The number of nitrogens with one attached hydrogen (secondary N) is 2. The minimum Gasteiger partial charge on any atom is -0.322 e. The van der Waals surface area contributed by atoms with Crippen LogP contribution in [0.4, 0.5) is 11.5 Å². The first-order valence-corrected chi connectivity index (χ1v) is 11.8. The predicted molar refractivity (Wildman–Crippen MR) is 136 cm³/mol. The summed E-state index contributed by atoms with van der Waals surface area (Å²) in [6, 6.07) is 24.4. The van der Waals surface area contributed by atoms with Crippen molar-refractivity contribution < 1.29 is 9.59 Å². The molecule has 1 unspecified atom stereocenters. The normalized spacial score (nSPS) is 11.7. The van der Waals surface area contributed by atoms with E-state index in [-0.39, 0.29) is 17.1 Å². The van der Waals surface area contributed by atoms with Gasteiger partial charge in [-0.05, 0) is 59.7 Å². The fourth-order valence-electron chi connectivity index (χ4n) is 3.32. The predicted octanol–water partition coefficient (Wildman–Crippen LogP) is 6.65. The third kappa shape index (κ3) is 5.92. The van der Waals surface area contributed by atoms with Crippen LogP contribution in [0.2, 0.25) is 5.02 Å². The van der Waals surface area contributed by atoms with E-state index in [2.05, 4.69) is 15.6 Å². The molecule has 0 saturated heterocycles. The zero-order chi connectivity index (χ0) is 23.2. The molecule has 4 rings (SSSR count). The summed E-state index contributed by atoms with van der Waals surface area (Å²) in [6.45, 7) is 1.96. The van der Waals surface area contributed by atoms with Crippen LogP contribution in [0.5, 0.6) is 0 Å². The number of amides is 2. The first kappa shape index (κ1) is 22.8. The van der Waals surface area contributed by atoms with E-state index in [1.807, 2.05) is 73.7 Å². The smallest absolute Gasteiger partial charge is 0.255 e. The van der Waals surface area contributed by atoms with Crippen molar-refractivity contribution in [3.05, 3.63) is 95.6 Å². The van der Waals surface area contributed by atoms with Gasteiger partial charge in [0.15, 0.2) is 0 Å². The van der Waals surface area contributed by atoms with E-state index < -0.39 is 0 Å². The molecule has 166 valence electrons. The Morgan fingerprint density at radius 2 is 1.76 bits per heavy atom. The Kier molecular flexibility index (Phi) is 7.27. The second kappa shape index (κ2) is 10.5. The number of anilines is 2. The molecule has 0 aliphatic carbocycles. The molecule has 0 spiro atoms. The van der Waals surface area contributed by atoms with Crippen molar-refractivity contribution in [3.8, 4) is 0 Å². The van der Waals surface area contributed by atoms with E-state index in [4.69, 9.17) is 11.6 Å². The van der Waals surface area contributed by atoms with Crippen molar-refractivity contribution in [2.45, 2.75) is 23.5 Å². The average molecular weight is 476 g/mol. The van der Waals surface area contributed by atoms with Gasteiger partial charge in [-0.15, -0.1) is 11.8 Å². The number of hydrogen-bond acceptors (Lipinski definition) is 4. The summed E-state index contributed by atoms with van der Waals surface area (Å²) in [5.74, 6) is 0.143. The topological polar surface area (TPSA) is 71.1 Å². The number of halogens is 1. The lowest BCUT2D eigenvalue weighted by atomic mass is 10.1.